The Hall–Kier alpha value is -2.33. The van der Waals surface area contributed by atoms with Crippen LogP contribution >= 0.6 is 11.6 Å². The first-order valence-electron chi connectivity index (χ1n) is 8.71. The minimum Gasteiger partial charge on any atom is -0.326 e. The van der Waals surface area contributed by atoms with Gasteiger partial charge in [0.2, 0.25) is 11.8 Å². The van der Waals surface area contributed by atoms with Crippen LogP contribution in [0.25, 0.3) is 0 Å². The number of carbonyl (C=O) groups excluding carboxylic acids is 2. The quantitative estimate of drug-likeness (QED) is 0.856. The molecule has 2 aromatic carbocycles. The molecule has 26 heavy (non-hydrogen) atoms. The van der Waals surface area contributed by atoms with E-state index < -0.39 is 0 Å². The number of carbonyl (C=O) groups is 2. The van der Waals surface area contributed by atoms with Gasteiger partial charge in [-0.05, 0) is 47.4 Å². The van der Waals surface area contributed by atoms with Crippen LogP contribution in [-0.4, -0.2) is 18.4 Å². The molecule has 136 valence electrons. The molecular formula is C21H23ClN2O2. The Morgan fingerprint density at radius 1 is 1.08 bits per heavy atom. The largest absolute Gasteiger partial charge is 0.326 e. The predicted molar refractivity (Wildman–Crippen MR) is 106 cm³/mol. The molecule has 0 aromatic heterocycles. The molecule has 1 heterocycles. The summed E-state index contributed by atoms with van der Waals surface area (Å²) in [6, 6.07) is 14.9. The van der Waals surface area contributed by atoms with Crippen LogP contribution in [0.2, 0.25) is 5.02 Å². The summed E-state index contributed by atoms with van der Waals surface area (Å²) in [7, 11) is 0. The molecule has 0 aliphatic carbocycles. The van der Waals surface area contributed by atoms with Gasteiger partial charge in [-0.3, -0.25) is 9.59 Å². The summed E-state index contributed by atoms with van der Waals surface area (Å²) in [5, 5.41) is 3.54. The molecule has 1 N–H and O–H groups in total. The molecule has 0 bridgehead atoms. The van der Waals surface area contributed by atoms with E-state index >= 15 is 0 Å². The van der Waals surface area contributed by atoms with Gasteiger partial charge >= 0.3 is 0 Å². The lowest BCUT2D eigenvalue weighted by atomic mass is 9.87. The van der Waals surface area contributed by atoms with Gasteiger partial charge in [-0.1, -0.05) is 44.5 Å². The fraction of sp³-hybridized carbons (Fsp3) is 0.333. The molecule has 1 saturated heterocycles. The van der Waals surface area contributed by atoms with Crippen molar-refractivity contribution in [2.45, 2.75) is 32.6 Å². The summed E-state index contributed by atoms with van der Waals surface area (Å²) in [5.74, 6) is -0.533. The van der Waals surface area contributed by atoms with Crippen molar-refractivity contribution < 1.29 is 9.59 Å². The van der Waals surface area contributed by atoms with E-state index in [2.05, 4.69) is 26.1 Å². The van der Waals surface area contributed by atoms with Gasteiger partial charge in [0.15, 0.2) is 0 Å². The Balaban J connectivity index is 1.65. The smallest absolute Gasteiger partial charge is 0.229 e. The second-order valence-corrected chi connectivity index (χ2v) is 8.13. The Morgan fingerprint density at radius 3 is 2.27 bits per heavy atom. The molecule has 0 radical (unpaired) electrons. The molecular weight excluding hydrogens is 348 g/mol. The van der Waals surface area contributed by atoms with Crippen LogP contribution in [0, 0.1) is 5.92 Å². The number of anilines is 2. The van der Waals surface area contributed by atoms with Crippen molar-refractivity contribution in [3.63, 3.8) is 0 Å². The highest BCUT2D eigenvalue weighted by Gasteiger charge is 2.35. The average Bonchev–Trinajstić information content (AvgIpc) is 2.97. The molecule has 4 nitrogen and oxygen atoms in total. The van der Waals surface area contributed by atoms with Gasteiger partial charge in [0, 0.05) is 29.4 Å². The summed E-state index contributed by atoms with van der Waals surface area (Å²) >= 11 is 5.90. The maximum absolute atomic E-state index is 12.6. The lowest BCUT2D eigenvalue weighted by Gasteiger charge is -2.19. The fourth-order valence-corrected chi connectivity index (χ4v) is 3.18. The van der Waals surface area contributed by atoms with Gasteiger partial charge in [0.25, 0.3) is 0 Å². The summed E-state index contributed by atoms with van der Waals surface area (Å²) in [5.41, 5.74) is 2.80. The maximum Gasteiger partial charge on any atom is 0.229 e. The van der Waals surface area contributed by atoms with Crippen molar-refractivity contribution in [2.75, 3.05) is 16.8 Å². The number of nitrogens with zero attached hydrogens (tertiary/aromatic N) is 1. The molecule has 0 unspecified atom stereocenters. The number of hydrogen-bond donors (Lipinski definition) is 1. The van der Waals surface area contributed by atoms with Gasteiger partial charge in [0.1, 0.15) is 0 Å². The molecule has 0 spiro atoms. The number of amides is 2. The third-order valence-electron chi connectivity index (χ3n) is 4.65. The second-order valence-electron chi connectivity index (χ2n) is 7.70. The van der Waals surface area contributed by atoms with Gasteiger partial charge in [-0.2, -0.15) is 0 Å². The highest BCUT2D eigenvalue weighted by atomic mass is 35.5. The maximum atomic E-state index is 12.6. The molecule has 1 atom stereocenters. The van der Waals surface area contributed by atoms with Gasteiger partial charge < -0.3 is 10.2 Å². The Labute approximate surface area is 159 Å². The van der Waals surface area contributed by atoms with Crippen LogP contribution in [0.1, 0.15) is 32.8 Å². The molecule has 1 aliphatic rings. The predicted octanol–water partition coefficient (Wildman–Crippen LogP) is 4.63. The van der Waals surface area contributed by atoms with Gasteiger partial charge in [-0.25, -0.2) is 0 Å². The molecule has 2 amide bonds. The van der Waals surface area contributed by atoms with E-state index in [0.717, 1.165) is 11.4 Å². The van der Waals surface area contributed by atoms with E-state index in [4.69, 9.17) is 11.6 Å². The van der Waals surface area contributed by atoms with Gasteiger partial charge in [-0.15, -0.1) is 0 Å². The Morgan fingerprint density at radius 2 is 1.69 bits per heavy atom. The molecule has 1 fully saturated rings. The van der Waals surface area contributed by atoms with Crippen molar-refractivity contribution in [3.05, 3.63) is 59.1 Å². The summed E-state index contributed by atoms with van der Waals surface area (Å²) in [4.78, 5) is 26.5. The minimum absolute atomic E-state index is 0.0458. The number of rotatable bonds is 3. The van der Waals surface area contributed by atoms with Crippen LogP contribution in [0.4, 0.5) is 11.4 Å². The van der Waals surface area contributed by atoms with E-state index in [0.29, 0.717) is 11.6 Å². The standard InChI is InChI=1S/C21H23ClN2O2/c1-21(2,3)15-4-8-17(9-5-15)23-20(26)14-12-19(25)24(13-14)18-10-6-16(22)7-11-18/h4-11,14H,12-13H2,1-3H3,(H,23,26)/t14-/m0/s1. The van der Waals surface area contributed by atoms with Crippen LogP contribution in [0.5, 0.6) is 0 Å². The van der Waals surface area contributed by atoms with Crippen molar-refractivity contribution in [2.24, 2.45) is 5.92 Å². The number of benzene rings is 2. The summed E-state index contributed by atoms with van der Waals surface area (Å²) < 4.78 is 0. The second kappa shape index (κ2) is 7.12. The molecule has 1 aliphatic heterocycles. The summed E-state index contributed by atoms with van der Waals surface area (Å²) in [6.45, 7) is 6.83. The highest BCUT2D eigenvalue weighted by molar-refractivity contribution is 6.30. The van der Waals surface area contributed by atoms with Crippen LogP contribution in [0.3, 0.4) is 0 Å². The molecule has 0 saturated carbocycles. The number of hydrogen-bond acceptors (Lipinski definition) is 2. The van der Waals surface area contributed by atoms with Gasteiger partial charge in [0.05, 0.1) is 5.92 Å². The number of halogens is 1. The summed E-state index contributed by atoms with van der Waals surface area (Å²) in [6.07, 6.45) is 0.217. The first kappa shape index (κ1) is 18.5. The third-order valence-corrected chi connectivity index (χ3v) is 4.90. The van der Waals surface area contributed by atoms with E-state index in [9.17, 15) is 9.59 Å². The monoisotopic (exact) mass is 370 g/mol. The minimum atomic E-state index is -0.361. The van der Waals surface area contributed by atoms with E-state index in [1.807, 2.05) is 24.3 Å². The highest BCUT2D eigenvalue weighted by Crippen LogP contribution is 2.28. The zero-order valence-corrected chi connectivity index (χ0v) is 16.0. The fourth-order valence-electron chi connectivity index (χ4n) is 3.05. The van der Waals surface area contributed by atoms with E-state index in [1.54, 1.807) is 29.2 Å². The van der Waals surface area contributed by atoms with E-state index in [-0.39, 0.29) is 29.6 Å². The molecule has 5 heteroatoms. The van der Waals surface area contributed by atoms with Crippen LogP contribution < -0.4 is 10.2 Å². The first-order chi connectivity index (χ1) is 12.2. The zero-order valence-electron chi connectivity index (χ0n) is 15.3. The lowest BCUT2D eigenvalue weighted by Crippen LogP contribution is -2.28. The van der Waals surface area contributed by atoms with Crippen molar-refractivity contribution in [1.29, 1.82) is 0 Å². The topological polar surface area (TPSA) is 49.4 Å². The molecule has 2 aromatic rings. The van der Waals surface area contributed by atoms with E-state index in [1.165, 1.54) is 5.56 Å². The van der Waals surface area contributed by atoms with Crippen molar-refractivity contribution >= 4 is 34.8 Å². The number of nitrogens with one attached hydrogen (secondary N) is 1. The normalized spacial score (nSPS) is 17.5. The lowest BCUT2D eigenvalue weighted by molar-refractivity contribution is -0.122. The average molecular weight is 371 g/mol. The first-order valence-corrected chi connectivity index (χ1v) is 9.09. The van der Waals surface area contributed by atoms with Crippen LogP contribution in [-0.2, 0) is 15.0 Å². The third kappa shape index (κ3) is 4.07. The van der Waals surface area contributed by atoms with Crippen molar-refractivity contribution in [3.8, 4) is 0 Å². The van der Waals surface area contributed by atoms with Crippen LogP contribution in [0.15, 0.2) is 48.5 Å². The Kier molecular flexibility index (Phi) is 5.05. The zero-order chi connectivity index (χ0) is 18.9. The van der Waals surface area contributed by atoms with Crippen molar-refractivity contribution in [1.82, 2.24) is 0 Å². The SMILES string of the molecule is CC(C)(C)c1ccc(NC(=O)[C@H]2CC(=O)N(c3ccc(Cl)cc3)C2)cc1. The molecule has 3 rings (SSSR count). The Bertz CT molecular complexity index is 807.